The molecule has 2 N–H and O–H groups in total. The van der Waals surface area contributed by atoms with Crippen LogP contribution in [0, 0.1) is 6.92 Å². The van der Waals surface area contributed by atoms with Gasteiger partial charge in [-0.1, -0.05) is 11.6 Å². The Bertz CT molecular complexity index is 1300. The van der Waals surface area contributed by atoms with Crippen LogP contribution >= 0.6 is 11.6 Å². The predicted molar refractivity (Wildman–Crippen MR) is 119 cm³/mol. The van der Waals surface area contributed by atoms with E-state index in [2.05, 4.69) is 15.1 Å². The van der Waals surface area contributed by atoms with E-state index in [1.807, 2.05) is 0 Å². The molecule has 1 amide bonds. The zero-order valence-electron chi connectivity index (χ0n) is 16.8. The van der Waals surface area contributed by atoms with Crippen molar-refractivity contribution < 1.29 is 17.9 Å². The SMILES string of the molecule is COc1ccc(NC(=O)c2nn(-c3ccc(Cl)cc3)c(C)cc2=O)cc1NS(C)(=O)=O. The molecule has 0 saturated heterocycles. The smallest absolute Gasteiger partial charge is 0.280 e. The highest BCUT2D eigenvalue weighted by molar-refractivity contribution is 7.92. The first kappa shape index (κ1) is 22.3. The summed E-state index contributed by atoms with van der Waals surface area (Å²) in [6, 6.07) is 12.4. The van der Waals surface area contributed by atoms with Crippen molar-refractivity contribution in [2.45, 2.75) is 6.92 Å². The largest absolute Gasteiger partial charge is 0.495 e. The van der Waals surface area contributed by atoms with Crippen molar-refractivity contribution in [3.8, 4) is 11.4 Å². The van der Waals surface area contributed by atoms with Crippen LogP contribution in [0.4, 0.5) is 11.4 Å². The van der Waals surface area contributed by atoms with E-state index >= 15 is 0 Å². The third kappa shape index (κ3) is 5.41. The summed E-state index contributed by atoms with van der Waals surface area (Å²) in [7, 11) is -2.19. The number of nitrogens with zero attached hydrogens (tertiary/aromatic N) is 2. The summed E-state index contributed by atoms with van der Waals surface area (Å²) in [5.41, 5.74) is 0.667. The van der Waals surface area contributed by atoms with Crippen LogP contribution in [0.3, 0.4) is 0 Å². The molecule has 11 heteroatoms. The third-order valence-corrected chi connectivity index (χ3v) is 4.99. The molecule has 0 spiro atoms. The van der Waals surface area contributed by atoms with Crippen LogP contribution < -0.4 is 20.2 Å². The van der Waals surface area contributed by atoms with Crippen molar-refractivity contribution in [2.24, 2.45) is 0 Å². The van der Waals surface area contributed by atoms with E-state index < -0.39 is 21.4 Å². The Labute approximate surface area is 183 Å². The highest BCUT2D eigenvalue weighted by Gasteiger charge is 2.17. The van der Waals surface area contributed by atoms with Gasteiger partial charge in [0.2, 0.25) is 15.5 Å². The van der Waals surface area contributed by atoms with Gasteiger partial charge in [-0.2, -0.15) is 5.10 Å². The molecule has 0 aliphatic carbocycles. The number of amides is 1. The van der Waals surface area contributed by atoms with Crippen LogP contribution in [0.5, 0.6) is 5.75 Å². The van der Waals surface area contributed by atoms with Crippen molar-refractivity contribution in [3.05, 3.63) is 75.2 Å². The van der Waals surface area contributed by atoms with E-state index in [1.54, 1.807) is 31.2 Å². The second-order valence-electron chi connectivity index (χ2n) is 6.63. The first-order valence-corrected chi connectivity index (χ1v) is 11.2. The molecule has 0 radical (unpaired) electrons. The van der Waals surface area contributed by atoms with Crippen LogP contribution in [0.15, 0.2) is 53.3 Å². The summed E-state index contributed by atoms with van der Waals surface area (Å²) in [5.74, 6) is -0.481. The van der Waals surface area contributed by atoms with Gasteiger partial charge < -0.3 is 10.1 Å². The summed E-state index contributed by atoms with van der Waals surface area (Å²) in [6.07, 6.45) is 0.993. The molecule has 0 fully saturated rings. The lowest BCUT2D eigenvalue weighted by Crippen LogP contribution is -2.27. The lowest BCUT2D eigenvalue weighted by atomic mass is 10.2. The monoisotopic (exact) mass is 462 g/mol. The van der Waals surface area contributed by atoms with Crippen LogP contribution in [0.25, 0.3) is 5.69 Å². The summed E-state index contributed by atoms with van der Waals surface area (Å²) in [4.78, 5) is 25.2. The zero-order valence-corrected chi connectivity index (χ0v) is 18.4. The fourth-order valence-corrected chi connectivity index (χ4v) is 3.49. The van der Waals surface area contributed by atoms with Crippen LogP contribution in [0.1, 0.15) is 16.2 Å². The van der Waals surface area contributed by atoms with Crippen molar-refractivity contribution >= 4 is 38.9 Å². The number of methoxy groups -OCH3 is 1. The van der Waals surface area contributed by atoms with Gasteiger partial charge in [0.05, 0.1) is 24.7 Å². The highest BCUT2D eigenvalue weighted by atomic mass is 35.5. The molecule has 1 heterocycles. The summed E-state index contributed by atoms with van der Waals surface area (Å²) in [5, 5.41) is 7.29. The number of carbonyl (C=O) groups excluding carboxylic acids is 1. The van der Waals surface area contributed by atoms with Gasteiger partial charge in [-0.25, -0.2) is 13.1 Å². The molecular formula is C20H19ClN4O5S. The lowest BCUT2D eigenvalue weighted by Gasteiger charge is -2.13. The molecule has 1 aromatic heterocycles. The number of sulfonamides is 1. The lowest BCUT2D eigenvalue weighted by molar-refractivity contribution is 0.101. The van der Waals surface area contributed by atoms with Gasteiger partial charge in [0.15, 0.2) is 5.69 Å². The minimum absolute atomic E-state index is 0.137. The average molecular weight is 463 g/mol. The number of ether oxygens (including phenoxy) is 1. The molecule has 9 nitrogen and oxygen atoms in total. The summed E-state index contributed by atoms with van der Waals surface area (Å²) < 4.78 is 32.0. The number of benzene rings is 2. The quantitative estimate of drug-likeness (QED) is 0.581. The Hall–Kier alpha value is -3.37. The minimum atomic E-state index is -3.58. The number of carbonyl (C=O) groups is 1. The van der Waals surface area contributed by atoms with Crippen LogP contribution in [0.2, 0.25) is 5.02 Å². The second kappa shape index (κ2) is 8.78. The Morgan fingerprint density at radius 1 is 1.13 bits per heavy atom. The van der Waals surface area contributed by atoms with Gasteiger partial charge in [0, 0.05) is 22.5 Å². The molecule has 162 valence electrons. The topological polar surface area (TPSA) is 119 Å². The zero-order chi connectivity index (χ0) is 22.8. The second-order valence-corrected chi connectivity index (χ2v) is 8.82. The molecule has 0 unspecified atom stereocenters. The number of aryl methyl sites for hydroxylation is 1. The average Bonchev–Trinajstić information content (AvgIpc) is 2.68. The van der Waals surface area contributed by atoms with E-state index in [0.29, 0.717) is 16.4 Å². The maximum absolute atomic E-state index is 12.8. The van der Waals surface area contributed by atoms with E-state index in [-0.39, 0.29) is 22.8 Å². The normalized spacial score (nSPS) is 11.1. The van der Waals surface area contributed by atoms with Crippen LogP contribution in [-0.2, 0) is 10.0 Å². The minimum Gasteiger partial charge on any atom is -0.495 e. The number of anilines is 2. The van der Waals surface area contributed by atoms with Crippen molar-refractivity contribution in [1.29, 1.82) is 0 Å². The number of halogens is 1. The fraction of sp³-hybridized carbons (Fsp3) is 0.150. The Morgan fingerprint density at radius 2 is 1.81 bits per heavy atom. The van der Waals surface area contributed by atoms with Crippen molar-refractivity contribution in [1.82, 2.24) is 9.78 Å². The van der Waals surface area contributed by atoms with Crippen molar-refractivity contribution in [2.75, 3.05) is 23.4 Å². The molecule has 0 aliphatic rings. The molecule has 3 rings (SSSR count). The van der Waals surface area contributed by atoms with Gasteiger partial charge in [-0.3, -0.25) is 14.3 Å². The van der Waals surface area contributed by atoms with E-state index in [1.165, 1.54) is 36.1 Å². The molecule has 3 aromatic rings. The molecule has 0 bridgehead atoms. The molecule has 0 saturated carbocycles. The molecular weight excluding hydrogens is 444 g/mol. The van der Waals surface area contributed by atoms with E-state index in [0.717, 1.165) is 6.26 Å². The number of aromatic nitrogens is 2. The number of hydrogen-bond acceptors (Lipinski definition) is 6. The van der Waals surface area contributed by atoms with Crippen molar-refractivity contribution in [3.63, 3.8) is 0 Å². The maximum Gasteiger partial charge on any atom is 0.280 e. The Kier molecular flexibility index (Phi) is 6.32. The van der Waals surface area contributed by atoms with Gasteiger partial charge in [0.25, 0.3) is 5.91 Å². The van der Waals surface area contributed by atoms with E-state index in [4.69, 9.17) is 16.3 Å². The number of nitrogens with one attached hydrogen (secondary N) is 2. The molecule has 31 heavy (non-hydrogen) atoms. The van der Waals surface area contributed by atoms with Gasteiger partial charge >= 0.3 is 0 Å². The highest BCUT2D eigenvalue weighted by Crippen LogP contribution is 2.28. The molecule has 0 atom stereocenters. The van der Waals surface area contributed by atoms with E-state index in [9.17, 15) is 18.0 Å². The first-order chi connectivity index (χ1) is 14.6. The number of hydrogen-bond donors (Lipinski definition) is 2. The van der Waals surface area contributed by atoms with Crippen LogP contribution in [-0.4, -0.2) is 37.5 Å². The molecule has 0 aliphatic heterocycles. The van der Waals surface area contributed by atoms with Gasteiger partial charge in [-0.15, -0.1) is 0 Å². The first-order valence-electron chi connectivity index (χ1n) is 8.91. The Balaban J connectivity index is 1.95. The fourth-order valence-electron chi connectivity index (χ4n) is 2.80. The predicted octanol–water partition coefficient (Wildman–Crippen LogP) is 2.83. The summed E-state index contributed by atoms with van der Waals surface area (Å²) in [6.45, 7) is 1.69. The molecule has 2 aromatic carbocycles. The maximum atomic E-state index is 12.8. The van der Waals surface area contributed by atoms with Gasteiger partial charge in [-0.05, 0) is 49.4 Å². The van der Waals surface area contributed by atoms with Gasteiger partial charge in [0.1, 0.15) is 5.75 Å². The Morgan fingerprint density at radius 3 is 2.42 bits per heavy atom. The number of rotatable bonds is 6. The third-order valence-electron chi connectivity index (χ3n) is 4.15. The summed E-state index contributed by atoms with van der Waals surface area (Å²) >= 11 is 5.92. The standard InChI is InChI=1S/C20H19ClN4O5S/c1-12-10-17(26)19(23-25(12)15-7-4-13(21)5-8-15)20(27)22-14-6-9-18(30-2)16(11-14)24-31(3,28)29/h4-11,24H,1-3H3,(H,22,27).